The topological polar surface area (TPSA) is 64.2 Å². The molecule has 1 heterocycles. The van der Waals surface area contributed by atoms with Crippen molar-refractivity contribution in [3.05, 3.63) is 48.0 Å². The van der Waals surface area contributed by atoms with Crippen LogP contribution in [-0.2, 0) is 0 Å². The zero-order chi connectivity index (χ0) is 16.2. The van der Waals surface area contributed by atoms with Crippen LogP contribution >= 0.6 is 28.7 Å². The van der Waals surface area contributed by atoms with Crippen LogP contribution in [0.15, 0.2) is 47.6 Å². The maximum Gasteiger partial charge on any atom is 0.173 e. The van der Waals surface area contributed by atoms with Crippen molar-refractivity contribution in [1.29, 1.82) is 0 Å². The number of hydrogen-bond acceptors (Lipinski definition) is 5. The summed E-state index contributed by atoms with van der Waals surface area (Å²) in [5.74, 6) is 1.88. The Labute approximate surface area is 154 Å². The highest BCUT2D eigenvalue weighted by Gasteiger charge is 2.10. The van der Waals surface area contributed by atoms with Crippen LogP contribution in [0.1, 0.15) is 10.4 Å². The van der Waals surface area contributed by atoms with Gasteiger partial charge in [0.25, 0.3) is 0 Å². The number of nitrogens with one attached hydrogen (secondary N) is 1. The lowest BCUT2D eigenvalue weighted by Crippen LogP contribution is -2.02. The summed E-state index contributed by atoms with van der Waals surface area (Å²) < 4.78 is 10.3. The summed E-state index contributed by atoms with van der Waals surface area (Å²) in [6.07, 6.45) is 0. The molecule has 2 aromatic carbocycles. The second-order valence-corrected chi connectivity index (χ2v) is 5.83. The number of rotatable bonds is 6. The van der Waals surface area contributed by atoms with Crippen LogP contribution in [0.25, 0.3) is 11.0 Å². The van der Waals surface area contributed by atoms with E-state index < -0.39 is 0 Å². The number of ketones is 1. The van der Waals surface area contributed by atoms with Crippen LogP contribution in [0.2, 0.25) is 0 Å². The molecule has 5 nitrogen and oxygen atoms in total. The number of benzene rings is 2. The molecule has 0 fully saturated rings. The molecule has 24 heavy (non-hydrogen) atoms. The number of imidazole rings is 1. The van der Waals surface area contributed by atoms with Gasteiger partial charge in [-0.15, -0.1) is 17.0 Å². The zero-order valence-corrected chi connectivity index (χ0v) is 15.8. The number of fused-ring (bicyclic) bond motifs is 1. The number of H-pyrrole nitrogens is 1. The van der Waals surface area contributed by atoms with Gasteiger partial charge in [-0.05, 0) is 36.4 Å². The molecule has 0 amide bonds. The first-order valence-electron chi connectivity index (χ1n) is 7.03. The minimum absolute atomic E-state index is 0. The van der Waals surface area contributed by atoms with Gasteiger partial charge in [-0.3, -0.25) is 4.79 Å². The lowest BCUT2D eigenvalue weighted by molar-refractivity contribution is 0.102. The van der Waals surface area contributed by atoms with Gasteiger partial charge >= 0.3 is 0 Å². The normalized spacial score (nSPS) is 10.2. The summed E-state index contributed by atoms with van der Waals surface area (Å²) in [6, 6.07) is 12.7. The number of nitrogens with zero attached hydrogens (tertiary/aromatic N) is 1. The fourth-order valence-electron chi connectivity index (χ4n) is 2.15. The number of hydrogen-bond donors (Lipinski definition) is 1. The second kappa shape index (κ2) is 8.21. The summed E-state index contributed by atoms with van der Waals surface area (Å²) in [5.41, 5.74) is 2.41. The van der Waals surface area contributed by atoms with Gasteiger partial charge in [0.2, 0.25) is 0 Å². The first kappa shape index (κ1) is 18.4. The molecule has 0 aliphatic carbocycles. The number of Topliss-reactive ketones (excluding diaryl/α,β-unsaturated/α-hetero) is 1. The third kappa shape index (κ3) is 4.10. The highest BCUT2D eigenvalue weighted by Crippen LogP contribution is 2.24. The lowest BCUT2D eigenvalue weighted by atomic mass is 10.1. The third-order valence-corrected chi connectivity index (χ3v) is 4.29. The molecule has 3 aromatic rings. The molecule has 0 aliphatic heterocycles. The molecule has 0 saturated heterocycles. The van der Waals surface area contributed by atoms with Crippen molar-refractivity contribution < 1.29 is 14.3 Å². The number of aromatic nitrogens is 2. The minimum atomic E-state index is 0. The summed E-state index contributed by atoms with van der Waals surface area (Å²) in [6.45, 7) is 0. The number of methoxy groups -OCH3 is 2. The van der Waals surface area contributed by atoms with Gasteiger partial charge in [0.05, 0.1) is 31.0 Å². The fourth-order valence-corrected chi connectivity index (χ4v) is 2.93. The molecule has 0 saturated carbocycles. The Morgan fingerprint density at radius 3 is 2.42 bits per heavy atom. The van der Waals surface area contributed by atoms with Gasteiger partial charge < -0.3 is 14.5 Å². The number of thioether (sulfide) groups is 1. The molecule has 0 aliphatic rings. The fraction of sp³-hybridized carbons (Fsp3) is 0.176. The van der Waals surface area contributed by atoms with Crippen molar-refractivity contribution in [1.82, 2.24) is 9.97 Å². The van der Waals surface area contributed by atoms with Crippen LogP contribution in [0.5, 0.6) is 11.5 Å². The van der Waals surface area contributed by atoms with E-state index in [0.29, 0.717) is 11.3 Å². The van der Waals surface area contributed by atoms with Gasteiger partial charge in [0, 0.05) is 11.6 Å². The van der Waals surface area contributed by atoms with Gasteiger partial charge in [-0.25, -0.2) is 4.98 Å². The summed E-state index contributed by atoms with van der Waals surface area (Å²) in [4.78, 5) is 19.9. The molecule has 1 N–H and O–H groups in total. The third-order valence-electron chi connectivity index (χ3n) is 3.42. The summed E-state index contributed by atoms with van der Waals surface area (Å²) in [7, 11) is 3.23. The van der Waals surface area contributed by atoms with Crippen LogP contribution in [0.3, 0.4) is 0 Å². The van der Waals surface area contributed by atoms with E-state index in [-0.39, 0.29) is 22.8 Å². The second-order valence-electron chi connectivity index (χ2n) is 4.87. The Bertz CT molecular complexity index is 833. The average Bonchev–Trinajstić information content (AvgIpc) is 3.01. The van der Waals surface area contributed by atoms with E-state index in [2.05, 4.69) is 9.97 Å². The van der Waals surface area contributed by atoms with E-state index in [1.165, 1.54) is 11.8 Å². The summed E-state index contributed by atoms with van der Waals surface area (Å²) in [5, 5.41) is 0.718. The van der Waals surface area contributed by atoms with Crippen molar-refractivity contribution in [2.24, 2.45) is 0 Å². The Hall–Kier alpha value is -1.99. The Kier molecular flexibility index (Phi) is 6.28. The van der Waals surface area contributed by atoms with Crippen LogP contribution in [-0.4, -0.2) is 35.7 Å². The highest BCUT2D eigenvalue weighted by atomic mass is 79.9. The van der Waals surface area contributed by atoms with Gasteiger partial charge in [-0.2, -0.15) is 0 Å². The SMILES string of the molecule is Br.COc1ccc(C(=O)CSc2nc3ccc(OC)cc3[nH]2)cc1. The number of carbonyl (C=O) groups is 1. The van der Waals surface area contributed by atoms with E-state index in [1.807, 2.05) is 18.2 Å². The summed E-state index contributed by atoms with van der Waals surface area (Å²) >= 11 is 1.38. The number of aromatic amines is 1. The molecule has 1 aromatic heterocycles. The van der Waals surface area contributed by atoms with Gasteiger partial charge in [0.15, 0.2) is 10.9 Å². The van der Waals surface area contributed by atoms with Crippen molar-refractivity contribution >= 4 is 45.6 Å². The monoisotopic (exact) mass is 408 g/mol. The average molecular weight is 409 g/mol. The standard InChI is InChI=1S/C17H16N2O3S.BrH/c1-21-12-5-3-11(4-6-12)16(20)10-23-17-18-14-8-7-13(22-2)9-15(14)19-17;/h3-9H,10H2,1-2H3,(H,18,19);1H. The van der Waals surface area contributed by atoms with E-state index >= 15 is 0 Å². The van der Waals surface area contributed by atoms with Gasteiger partial charge in [-0.1, -0.05) is 11.8 Å². The first-order chi connectivity index (χ1) is 11.2. The van der Waals surface area contributed by atoms with Crippen LogP contribution < -0.4 is 9.47 Å². The van der Waals surface area contributed by atoms with Crippen molar-refractivity contribution in [2.75, 3.05) is 20.0 Å². The van der Waals surface area contributed by atoms with Crippen LogP contribution in [0.4, 0.5) is 0 Å². The molecule has 7 heteroatoms. The molecule has 0 bridgehead atoms. The highest BCUT2D eigenvalue weighted by molar-refractivity contribution is 8.93. The molecule has 3 rings (SSSR count). The van der Waals surface area contributed by atoms with E-state index in [0.717, 1.165) is 27.7 Å². The molecule has 0 atom stereocenters. The van der Waals surface area contributed by atoms with E-state index in [4.69, 9.17) is 9.47 Å². The number of carbonyl (C=O) groups excluding carboxylic acids is 1. The minimum Gasteiger partial charge on any atom is -0.497 e. The zero-order valence-electron chi connectivity index (χ0n) is 13.2. The quantitative estimate of drug-likeness (QED) is 0.490. The largest absolute Gasteiger partial charge is 0.497 e. The first-order valence-corrected chi connectivity index (χ1v) is 8.02. The van der Waals surface area contributed by atoms with Gasteiger partial charge in [0.1, 0.15) is 11.5 Å². The Morgan fingerprint density at radius 2 is 1.75 bits per heavy atom. The molecule has 0 spiro atoms. The number of halogens is 1. The van der Waals surface area contributed by atoms with Crippen molar-refractivity contribution in [2.45, 2.75) is 5.16 Å². The van der Waals surface area contributed by atoms with E-state index in [9.17, 15) is 4.79 Å². The Morgan fingerprint density at radius 1 is 1.08 bits per heavy atom. The molecule has 0 radical (unpaired) electrons. The molecule has 126 valence electrons. The smallest absolute Gasteiger partial charge is 0.173 e. The Balaban J connectivity index is 0.00000208. The predicted octanol–water partition coefficient (Wildman–Crippen LogP) is 4.13. The molecular weight excluding hydrogens is 392 g/mol. The molecule has 0 unspecified atom stereocenters. The predicted molar refractivity (Wildman–Crippen MR) is 101 cm³/mol. The van der Waals surface area contributed by atoms with E-state index in [1.54, 1.807) is 38.5 Å². The van der Waals surface area contributed by atoms with Crippen molar-refractivity contribution in [3.8, 4) is 11.5 Å². The lowest BCUT2D eigenvalue weighted by Gasteiger charge is -2.02. The molecular formula is C17H17BrN2O3S. The van der Waals surface area contributed by atoms with Crippen molar-refractivity contribution in [3.63, 3.8) is 0 Å². The van der Waals surface area contributed by atoms with Crippen LogP contribution in [0, 0.1) is 0 Å². The maximum absolute atomic E-state index is 12.2. The number of ether oxygens (including phenoxy) is 2. The maximum atomic E-state index is 12.2.